The smallest absolute Gasteiger partial charge is 0.318 e. The largest absolute Gasteiger partial charge is 0.464 e. The molecule has 1 aliphatic rings. The molecule has 0 unspecified atom stereocenters. The maximum atomic E-state index is 12.8. The van der Waals surface area contributed by atoms with Gasteiger partial charge in [0.2, 0.25) is 5.91 Å². The quantitative estimate of drug-likeness (QED) is 0.888. The fourth-order valence-corrected chi connectivity index (χ4v) is 3.11. The van der Waals surface area contributed by atoms with Crippen LogP contribution in [0.25, 0.3) is 0 Å². The molecule has 0 spiro atoms. The molecular weight excluding hydrogens is 306 g/mol. The second-order valence-corrected chi connectivity index (χ2v) is 7.37. The highest BCUT2D eigenvalue weighted by molar-refractivity contribution is 5.87. The summed E-state index contributed by atoms with van der Waals surface area (Å²) in [6, 6.07) is 3.02. The zero-order valence-corrected chi connectivity index (χ0v) is 15.3. The van der Waals surface area contributed by atoms with Gasteiger partial charge in [-0.1, -0.05) is 27.7 Å². The van der Waals surface area contributed by atoms with Gasteiger partial charge in [-0.2, -0.15) is 0 Å². The number of aryl methyl sites for hydroxylation is 1. The highest BCUT2D eigenvalue weighted by Crippen LogP contribution is 2.34. The summed E-state index contributed by atoms with van der Waals surface area (Å²) in [5, 5.41) is 5.71. The van der Waals surface area contributed by atoms with E-state index in [-0.39, 0.29) is 23.4 Å². The Morgan fingerprint density at radius 3 is 2.62 bits per heavy atom. The van der Waals surface area contributed by atoms with Crippen molar-refractivity contribution < 1.29 is 14.0 Å². The molecule has 6 heteroatoms. The van der Waals surface area contributed by atoms with Crippen LogP contribution in [0.1, 0.15) is 58.1 Å². The van der Waals surface area contributed by atoms with Crippen LogP contribution >= 0.6 is 0 Å². The van der Waals surface area contributed by atoms with Crippen LogP contribution in [0.2, 0.25) is 0 Å². The first kappa shape index (κ1) is 18.4. The third-order valence-electron chi connectivity index (χ3n) is 4.51. The molecule has 0 aromatic carbocycles. The van der Waals surface area contributed by atoms with Crippen molar-refractivity contribution in [1.29, 1.82) is 0 Å². The van der Waals surface area contributed by atoms with Crippen LogP contribution in [-0.4, -0.2) is 36.5 Å². The van der Waals surface area contributed by atoms with Crippen LogP contribution in [0.5, 0.6) is 0 Å². The second kappa shape index (κ2) is 7.28. The van der Waals surface area contributed by atoms with E-state index in [4.69, 9.17) is 4.42 Å². The summed E-state index contributed by atoms with van der Waals surface area (Å²) in [6.45, 7) is 8.82. The summed E-state index contributed by atoms with van der Waals surface area (Å²) in [7, 11) is 1.60. The SMILES string of the molecule is CCc1ccc([C@@H](NC(=O)N2CCC[C@@H]2C(=O)NC)C(C)(C)C)o1. The predicted octanol–water partition coefficient (Wildman–Crippen LogP) is 2.85. The number of likely N-dealkylation sites (tertiary alicyclic amines) is 1. The highest BCUT2D eigenvalue weighted by atomic mass is 16.3. The summed E-state index contributed by atoms with van der Waals surface area (Å²) < 4.78 is 5.87. The molecule has 1 aliphatic heterocycles. The number of carbonyl (C=O) groups is 2. The molecule has 1 fully saturated rings. The number of rotatable bonds is 4. The average molecular weight is 335 g/mol. The molecule has 2 N–H and O–H groups in total. The third kappa shape index (κ3) is 3.91. The Morgan fingerprint density at radius 2 is 2.08 bits per heavy atom. The lowest BCUT2D eigenvalue weighted by Gasteiger charge is -2.33. The average Bonchev–Trinajstić information content (AvgIpc) is 3.19. The van der Waals surface area contributed by atoms with Crippen molar-refractivity contribution >= 4 is 11.9 Å². The van der Waals surface area contributed by atoms with Gasteiger partial charge in [0, 0.05) is 20.0 Å². The summed E-state index contributed by atoms with van der Waals surface area (Å²) >= 11 is 0. The first-order chi connectivity index (χ1) is 11.3. The summed E-state index contributed by atoms with van der Waals surface area (Å²) in [5.74, 6) is 1.54. The number of nitrogens with zero attached hydrogens (tertiary/aromatic N) is 1. The lowest BCUT2D eigenvalue weighted by molar-refractivity contribution is -0.124. The van der Waals surface area contributed by atoms with Gasteiger partial charge in [-0.3, -0.25) is 4.79 Å². The number of amides is 3. The number of hydrogen-bond donors (Lipinski definition) is 2. The Balaban J connectivity index is 2.17. The number of carbonyl (C=O) groups excluding carboxylic acids is 2. The Kier molecular flexibility index (Phi) is 5.57. The van der Waals surface area contributed by atoms with E-state index in [9.17, 15) is 9.59 Å². The van der Waals surface area contributed by atoms with E-state index >= 15 is 0 Å². The van der Waals surface area contributed by atoms with Crippen LogP contribution in [0, 0.1) is 5.41 Å². The van der Waals surface area contributed by atoms with E-state index in [1.165, 1.54) is 0 Å². The Bertz CT molecular complexity index is 589. The van der Waals surface area contributed by atoms with Crippen LogP contribution < -0.4 is 10.6 Å². The number of hydrogen-bond acceptors (Lipinski definition) is 3. The van der Waals surface area contributed by atoms with Crippen molar-refractivity contribution in [2.45, 2.75) is 59.0 Å². The van der Waals surface area contributed by atoms with Crippen molar-refractivity contribution in [1.82, 2.24) is 15.5 Å². The molecule has 1 aromatic rings. The molecule has 1 saturated heterocycles. The minimum absolute atomic E-state index is 0.110. The number of nitrogens with one attached hydrogen (secondary N) is 2. The molecule has 0 saturated carbocycles. The van der Waals surface area contributed by atoms with Gasteiger partial charge >= 0.3 is 6.03 Å². The van der Waals surface area contributed by atoms with Gasteiger partial charge in [-0.05, 0) is 30.4 Å². The molecule has 0 radical (unpaired) electrons. The Labute approximate surface area is 144 Å². The van der Waals surface area contributed by atoms with Crippen LogP contribution in [0.15, 0.2) is 16.5 Å². The minimum Gasteiger partial charge on any atom is -0.464 e. The van der Waals surface area contributed by atoms with Gasteiger partial charge in [-0.25, -0.2) is 4.79 Å². The Hall–Kier alpha value is -1.98. The first-order valence-corrected chi connectivity index (χ1v) is 8.65. The fraction of sp³-hybridized carbons (Fsp3) is 0.667. The molecule has 24 heavy (non-hydrogen) atoms. The molecule has 1 aromatic heterocycles. The van der Waals surface area contributed by atoms with E-state index in [2.05, 4.69) is 31.4 Å². The summed E-state index contributed by atoms with van der Waals surface area (Å²) in [6.07, 6.45) is 2.36. The molecule has 2 atom stereocenters. The van der Waals surface area contributed by atoms with Crippen molar-refractivity contribution in [3.05, 3.63) is 23.7 Å². The van der Waals surface area contributed by atoms with Gasteiger partial charge < -0.3 is 20.0 Å². The lowest BCUT2D eigenvalue weighted by Crippen LogP contribution is -2.51. The van der Waals surface area contributed by atoms with E-state index in [1.807, 2.05) is 19.1 Å². The van der Waals surface area contributed by atoms with Gasteiger partial charge in [-0.15, -0.1) is 0 Å². The zero-order chi connectivity index (χ0) is 17.9. The Morgan fingerprint density at radius 1 is 1.38 bits per heavy atom. The van der Waals surface area contributed by atoms with Crippen molar-refractivity contribution in [3.8, 4) is 0 Å². The maximum absolute atomic E-state index is 12.8. The first-order valence-electron chi connectivity index (χ1n) is 8.65. The molecule has 0 bridgehead atoms. The monoisotopic (exact) mass is 335 g/mol. The van der Waals surface area contributed by atoms with Crippen LogP contribution in [0.4, 0.5) is 4.79 Å². The third-order valence-corrected chi connectivity index (χ3v) is 4.51. The molecule has 3 amide bonds. The summed E-state index contributed by atoms with van der Waals surface area (Å²) in [4.78, 5) is 26.4. The molecule has 2 rings (SSSR count). The molecule has 134 valence electrons. The molecular formula is C18H29N3O3. The van der Waals surface area contributed by atoms with Crippen LogP contribution in [-0.2, 0) is 11.2 Å². The van der Waals surface area contributed by atoms with Crippen molar-refractivity contribution in [2.75, 3.05) is 13.6 Å². The molecule has 2 heterocycles. The van der Waals surface area contributed by atoms with Crippen LogP contribution in [0.3, 0.4) is 0 Å². The summed E-state index contributed by atoms with van der Waals surface area (Å²) in [5.41, 5.74) is -0.208. The number of likely N-dealkylation sites (N-methyl/N-ethyl adjacent to an activating group) is 1. The van der Waals surface area contributed by atoms with E-state index in [0.29, 0.717) is 13.0 Å². The van der Waals surface area contributed by atoms with E-state index in [1.54, 1.807) is 11.9 Å². The highest BCUT2D eigenvalue weighted by Gasteiger charge is 2.37. The van der Waals surface area contributed by atoms with Gasteiger partial charge in [0.1, 0.15) is 17.6 Å². The fourth-order valence-electron chi connectivity index (χ4n) is 3.11. The second-order valence-electron chi connectivity index (χ2n) is 7.37. The van der Waals surface area contributed by atoms with Gasteiger partial charge in [0.25, 0.3) is 0 Å². The minimum atomic E-state index is -0.390. The van der Waals surface area contributed by atoms with Gasteiger partial charge in [0.15, 0.2) is 0 Å². The lowest BCUT2D eigenvalue weighted by atomic mass is 9.85. The standard InChI is InChI=1S/C18H29N3O3/c1-6-12-9-10-14(24-12)15(18(2,3)4)20-17(23)21-11-7-8-13(21)16(22)19-5/h9-10,13,15H,6-8,11H2,1-5H3,(H,19,22)(H,20,23)/t13-,15-/m1/s1. The number of urea groups is 1. The normalized spacial score (nSPS) is 19.2. The van der Waals surface area contributed by atoms with E-state index in [0.717, 1.165) is 24.4 Å². The molecule has 0 aliphatic carbocycles. The van der Waals surface area contributed by atoms with E-state index < -0.39 is 6.04 Å². The zero-order valence-electron chi connectivity index (χ0n) is 15.3. The number of furan rings is 1. The molecule has 6 nitrogen and oxygen atoms in total. The maximum Gasteiger partial charge on any atom is 0.318 e. The van der Waals surface area contributed by atoms with Crippen molar-refractivity contribution in [2.24, 2.45) is 5.41 Å². The predicted molar refractivity (Wildman–Crippen MR) is 92.6 cm³/mol. The van der Waals surface area contributed by atoms with Crippen molar-refractivity contribution in [3.63, 3.8) is 0 Å². The van der Waals surface area contributed by atoms with Gasteiger partial charge in [0.05, 0.1) is 6.04 Å². The topological polar surface area (TPSA) is 74.6 Å².